The molecule has 0 radical (unpaired) electrons. The molecule has 5 aromatic rings. The minimum atomic E-state index is 0.509. The van der Waals surface area contributed by atoms with E-state index in [1.54, 1.807) is 37.4 Å². The van der Waals surface area contributed by atoms with E-state index < -0.39 is 0 Å². The number of anilines is 2. The SMILES string of the molecule is COc1ccc(CNc2ncc(CN3CCN(c4ncccn4)CC3)c3nc(-c4ccco4)nn23)cc1OC. The molecule has 5 heterocycles. The number of nitrogens with zero attached hydrogens (tertiary/aromatic N) is 8. The summed E-state index contributed by atoms with van der Waals surface area (Å²) in [4.78, 5) is 22.9. The van der Waals surface area contributed by atoms with E-state index >= 15 is 0 Å². The number of benzene rings is 1. The Morgan fingerprint density at radius 1 is 0.949 bits per heavy atom. The van der Waals surface area contributed by atoms with Crippen LogP contribution in [0.15, 0.2) is 65.7 Å². The lowest BCUT2D eigenvalue weighted by atomic mass is 10.2. The molecule has 0 amide bonds. The number of piperazine rings is 1. The molecule has 0 bridgehead atoms. The Morgan fingerprint density at radius 2 is 1.77 bits per heavy atom. The molecule has 1 aliphatic rings. The van der Waals surface area contributed by atoms with E-state index in [4.69, 9.17) is 29.0 Å². The van der Waals surface area contributed by atoms with Gasteiger partial charge in [0.05, 0.1) is 20.5 Å². The zero-order valence-corrected chi connectivity index (χ0v) is 21.8. The molecule has 0 atom stereocenters. The van der Waals surface area contributed by atoms with Crippen molar-refractivity contribution in [2.75, 3.05) is 50.6 Å². The highest BCUT2D eigenvalue weighted by molar-refractivity contribution is 5.58. The zero-order chi connectivity index (χ0) is 26.6. The predicted octanol–water partition coefficient (Wildman–Crippen LogP) is 3.13. The molecule has 0 aliphatic carbocycles. The molecule has 1 aliphatic heterocycles. The Bertz CT molecular complexity index is 1530. The van der Waals surface area contributed by atoms with Crippen molar-refractivity contribution in [3.63, 3.8) is 0 Å². The number of furan rings is 1. The van der Waals surface area contributed by atoms with Crippen LogP contribution in [0.3, 0.4) is 0 Å². The zero-order valence-electron chi connectivity index (χ0n) is 21.8. The molecular weight excluding hydrogens is 498 g/mol. The Balaban J connectivity index is 1.23. The molecule has 1 saturated heterocycles. The molecule has 1 N–H and O–H groups in total. The number of methoxy groups -OCH3 is 2. The second-order valence-electron chi connectivity index (χ2n) is 9.11. The lowest BCUT2D eigenvalue weighted by molar-refractivity contribution is 0.249. The van der Waals surface area contributed by atoms with Crippen molar-refractivity contribution in [3.8, 4) is 23.1 Å². The average Bonchev–Trinajstić information content (AvgIpc) is 3.69. The number of rotatable bonds is 9. The first-order chi connectivity index (χ1) is 19.2. The molecule has 0 spiro atoms. The number of nitrogens with one attached hydrogen (secondary N) is 1. The average molecular weight is 528 g/mol. The molecule has 6 rings (SSSR count). The third-order valence-corrected chi connectivity index (χ3v) is 6.68. The van der Waals surface area contributed by atoms with Gasteiger partial charge in [-0.3, -0.25) is 4.90 Å². The van der Waals surface area contributed by atoms with Crippen LogP contribution >= 0.6 is 0 Å². The number of aromatic nitrogens is 6. The normalized spacial score (nSPS) is 14.1. The first-order valence-corrected chi connectivity index (χ1v) is 12.7. The quantitative estimate of drug-likeness (QED) is 0.304. The van der Waals surface area contributed by atoms with Crippen molar-refractivity contribution in [1.29, 1.82) is 0 Å². The first-order valence-electron chi connectivity index (χ1n) is 12.7. The van der Waals surface area contributed by atoms with Crippen LogP contribution in [0.1, 0.15) is 11.1 Å². The van der Waals surface area contributed by atoms with Crippen LogP contribution in [-0.4, -0.2) is 74.8 Å². The van der Waals surface area contributed by atoms with Crippen LogP contribution in [-0.2, 0) is 13.1 Å². The van der Waals surface area contributed by atoms with Crippen molar-refractivity contribution in [3.05, 3.63) is 72.4 Å². The Labute approximate surface area is 225 Å². The molecule has 0 unspecified atom stereocenters. The summed E-state index contributed by atoms with van der Waals surface area (Å²) in [5.41, 5.74) is 2.74. The van der Waals surface area contributed by atoms with E-state index in [1.807, 2.05) is 42.6 Å². The van der Waals surface area contributed by atoms with E-state index in [-0.39, 0.29) is 0 Å². The van der Waals surface area contributed by atoms with E-state index in [2.05, 4.69) is 25.1 Å². The van der Waals surface area contributed by atoms with Crippen molar-refractivity contribution in [2.24, 2.45) is 0 Å². The van der Waals surface area contributed by atoms with Gasteiger partial charge in [0.15, 0.2) is 22.9 Å². The third-order valence-electron chi connectivity index (χ3n) is 6.68. The summed E-state index contributed by atoms with van der Waals surface area (Å²) >= 11 is 0. The van der Waals surface area contributed by atoms with Gasteiger partial charge in [0.25, 0.3) is 0 Å². The number of hydrogen-bond donors (Lipinski definition) is 1. The Kier molecular flexibility index (Phi) is 6.91. The minimum Gasteiger partial charge on any atom is -0.493 e. The Hall–Kier alpha value is -4.71. The highest BCUT2D eigenvalue weighted by Crippen LogP contribution is 2.28. The summed E-state index contributed by atoms with van der Waals surface area (Å²) in [5, 5.41) is 8.13. The van der Waals surface area contributed by atoms with Gasteiger partial charge in [-0.2, -0.15) is 4.52 Å². The van der Waals surface area contributed by atoms with Gasteiger partial charge in [-0.05, 0) is 35.9 Å². The van der Waals surface area contributed by atoms with Crippen LogP contribution in [0.2, 0.25) is 0 Å². The smallest absolute Gasteiger partial charge is 0.226 e. The summed E-state index contributed by atoms with van der Waals surface area (Å²) in [7, 11) is 3.25. The fraction of sp³-hybridized carbons (Fsp3) is 0.296. The number of fused-ring (bicyclic) bond motifs is 1. The molecule has 0 saturated carbocycles. The van der Waals surface area contributed by atoms with Gasteiger partial charge in [0.1, 0.15) is 0 Å². The monoisotopic (exact) mass is 527 g/mol. The van der Waals surface area contributed by atoms with Gasteiger partial charge in [-0.15, -0.1) is 5.10 Å². The lowest BCUT2D eigenvalue weighted by Crippen LogP contribution is -2.46. The van der Waals surface area contributed by atoms with Crippen molar-refractivity contribution in [2.45, 2.75) is 13.1 Å². The molecule has 4 aromatic heterocycles. The van der Waals surface area contributed by atoms with Crippen LogP contribution in [0.25, 0.3) is 17.2 Å². The van der Waals surface area contributed by atoms with Gasteiger partial charge in [0, 0.05) is 63.4 Å². The van der Waals surface area contributed by atoms with Gasteiger partial charge in [-0.1, -0.05) is 6.07 Å². The maximum absolute atomic E-state index is 5.58. The fourth-order valence-corrected chi connectivity index (χ4v) is 4.63. The Morgan fingerprint density at radius 3 is 2.51 bits per heavy atom. The van der Waals surface area contributed by atoms with E-state index in [0.717, 1.165) is 48.9 Å². The number of hydrogen-bond acceptors (Lipinski definition) is 11. The summed E-state index contributed by atoms with van der Waals surface area (Å²) in [6.45, 7) is 4.67. The van der Waals surface area contributed by atoms with Gasteiger partial charge in [0.2, 0.25) is 17.7 Å². The van der Waals surface area contributed by atoms with E-state index in [0.29, 0.717) is 42.1 Å². The highest BCUT2D eigenvalue weighted by atomic mass is 16.5. The van der Waals surface area contributed by atoms with E-state index in [9.17, 15) is 0 Å². The lowest BCUT2D eigenvalue weighted by Gasteiger charge is -2.34. The van der Waals surface area contributed by atoms with Crippen molar-refractivity contribution in [1.82, 2.24) is 34.4 Å². The summed E-state index contributed by atoms with van der Waals surface area (Å²) in [6, 6.07) is 11.3. The van der Waals surface area contributed by atoms with Gasteiger partial charge >= 0.3 is 0 Å². The maximum Gasteiger partial charge on any atom is 0.226 e. The summed E-state index contributed by atoms with van der Waals surface area (Å²) < 4.78 is 18.1. The second kappa shape index (κ2) is 11.0. The molecule has 1 fully saturated rings. The van der Waals surface area contributed by atoms with Crippen LogP contribution in [0.5, 0.6) is 11.5 Å². The third kappa shape index (κ3) is 5.18. The fourth-order valence-electron chi connectivity index (χ4n) is 4.63. The molecular formula is C27H29N9O3. The summed E-state index contributed by atoms with van der Waals surface area (Å²) in [5.74, 6) is 3.82. The van der Waals surface area contributed by atoms with Gasteiger partial charge in [-0.25, -0.2) is 19.9 Å². The molecule has 39 heavy (non-hydrogen) atoms. The van der Waals surface area contributed by atoms with Crippen LogP contribution in [0.4, 0.5) is 11.9 Å². The largest absolute Gasteiger partial charge is 0.493 e. The minimum absolute atomic E-state index is 0.509. The summed E-state index contributed by atoms with van der Waals surface area (Å²) in [6.07, 6.45) is 7.05. The topological polar surface area (TPSA) is 119 Å². The molecule has 12 nitrogen and oxygen atoms in total. The predicted molar refractivity (Wildman–Crippen MR) is 145 cm³/mol. The van der Waals surface area contributed by atoms with Crippen LogP contribution in [0, 0.1) is 0 Å². The second-order valence-corrected chi connectivity index (χ2v) is 9.11. The highest BCUT2D eigenvalue weighted by Gasteiger charge is 2.22. The molecule has 200 valence electrons. The maximum atomic E-state index is 5.58. The van der Waals surface area contributed by atoms with Crippen LogP contribution < -0.4 is 19.7 Å². The first kappa shape index (κ1) is 24.6. The van der Waals surface area contributed by atoms with E-state index in [1.165, 1.54) is 0 Å². The molecule has 1 aromatic carbocycles. The number of ether oxygens (including phenoxy) is 2. The molecule has 12 heteroatoms. The van der Waals surface area contributed by atoms with Gasteiger partial charge < -0.3 is 24.1 Å². The van der Waals surface area contributed by atoms with Crippen molar-refractivity contribution < 1.29 is 13.9 Å². The standard InChI is InChI=1S/C27H29N9O3/c1-37-21-7-6-19(15-23(21)38-2)16-30-27-31-17-20(25-32-24(33-36(25)27)22-5-3-14-39-22)18-34-10-12-35(13-11-34)26-28-8-4-9-29-26/h3-9,14-15,17H,10-13,16,18H2,1-2H3,(H,30,31). The van der Waals surface area contributed by atoms with Crippen molar-refractivity contribution >= 4 is 17.5 Å².